The second-order valence-electron chi connectivity index (χ2n) is 7.63. The van der Waals surface area contributed by atoms with E-state index in [4.69, 9.17) is 0 Å². The third kappa shape index (κ3) is 5.77. The van der Waals surface area contributed by atoms with Gasteiger partial charge in [0, 0.05) is 24.4 Å². The molecule has 0 saturated carbocycles. The summed E-state index contributed by atoms with van der Waals surface area (Å²) < 4.78 is 2.21. The lowest BCUT2D eigenvalue weighted by Gasteiger charge is -2.11. The van der Waals surface area contributed by atoms with Gasteiger partial charge in [0.2, 0.25) is 5.91 Å². The van der Waals surface area contributed by atoms with Crippen molar-refractivity contribution in [1.29, 1.82) is 0 Å². The molecule has 5 nitrogen and oxygen atoms in total. The van der Waals surface area contributed by atoms with Crippen molar-refractivity contribution < 1.29 is 4.79 Å². The Morgan fingerprint density at radius 3 is 2.86 bits per heavy atom. The summed E-state index contributed by atoms with van der Waals surface area (Å²) in [7, 11) is 0. The first-order valence-corrected chi connectivity index (χ1v) is 12.2. The summed E-state index contributed by atoms with van der Waals surface area (Å²) in [6, 6.07) is 6.62. The average molecular weight is 419 g/mol. The minimum Gasteiger partial charge on any atom is -0.355 e. The number of nitrogens with zero attached hydrogens (tertiary/aromatic N) is 3. The summed E-state index contributed by atoms with van der Waals surface area (Å²) >= 11 is 3.25. The Labute approximate surface area is 176 Å². The van der Waals surface area contributed by atoms with Gasteiger partial charge in [0.15, 0.2) is 5.16 Å². The highest BCUT2D eigenvalue weighted by Crippen LogP contribution is 2.27. The first-order chi connectivity index (χ1) is 13.6. The number of hydrogen-bond acceptors (Lipinski definition) is 5. The molecule has 0 saturated heterocycles. The lowest BCUT2D eigenvalue weighted by atomic mass is 10.1. The number of aryl methyl sites for hydroxylation is 3. The number of rotatable bonds is 10. The molecule has 1 N–H and O–H groups in total. The lowest BCUT2D eigenvalue weighted by molar-refractivity contribution is -0.118. The van der Waals surface area contributed by atoms with Crippen LogP contribution in [0.25, 0.3) is 0 Å². The predicted octanol–water partition coefficient (Wildman–Crippen LogP) is 3.99. The van der Waals surface area contributed by atoms with Crippen molar-refractivity contribution in [3.8, 4) is 0 Å². The van der Waals surface area contributed by atoms with E-state index in [9.17, 15) is 4.79 Å². The number of amides is 1. The number of aromatic nitrogens is 3. The monoisotopic (exact) mass is 418 g/mol. The Kier molecular flexibility index (Phi) is 7.85. The first-order valence-electron chi connectivity index (χ1n) is 10.0. The van der Waals surface area contributed by atoms with Crippen molar-refractivity contribution in [2.45, 2.75) is 62.5 Å². The van der Waals surface area contributed by atoms with Gasteiger partial charge in [0.25, 0.3) is 0 Å². The van der Waals surface area contributed by atoms with E-state index in [1.807, 2.05) is 6.26 Å². The predicted molar refractivity (Wildman–Crippen MR) is 117 cm³/mol. The van der Waals surface area contributed by atoms with E-state index in [1.54, 1.807) is 23.5 Å². The lowest BCUT2D eigenvalue weighted by Crippen LogP contribution is -2.26. The molecule has 152 valence electrons. The van der Waals surface area contributed by atoms with Gasteiger partial charge in [0.1, 0.15) is 5.82 Å². The highest BCUT2D eigenvalue weighted by Gasteiger charge is 2.13. The molecular weight excluding hydrogens is 388 g/mol. The van der Waals surface area contributed by atoms with Gasteiger partial charge in [0.05, 0.1) is 5.75 Å². The average Bonchev–Trinajstić information content (AvgIpc) is 3.29. The molecule has 1 aliphatic carbocycles. The molecule has 1 amide bonds. The van der Waals surface area contributed by atoms with E-state index in [0.717, 1.165) is 30.4 Å². The number of thioether (sulfide) groups is 2. The van der Waals surface area contributed by atoms with Crippen LogP contribution in [-0.2, 0) is 30.6 Å². The molecule has 0 unspecified atom stereocenters. The maximum atomic E-state index is 12.2. The van der Waals surface area contributed by atoms with E-state index in [0.29, 0.717) is 18.2 Å². The van der Waals surface area contributed by atoms with Crippen LogP contribution in [0.4, 0.5) is 0 Å². The van der Waals surface area contributed by atoms with Crippen LogP contribution in [0.5, 0.6) is 0 Å². The van der Waals surface area contributed by atoms with Gasteiger partial charge in [-0.1, -0.05) is 31.7 Å². The highest BCUT2D eigenvalue weighted by atomic mass is 32.2. The minimum atomic E-state index is 0.0962. The zero-order valence-corrected chi connectivity index (χ0v) is 18.7. The van der Waals surface area contributed by atoms with Crippen molar-refractivity contribution in [3.05, 3.63) is 35.2 Å². The molecule has 0 spiro atoms. The van der Waals surface area contributed by atoms with Crippen LogP contribution in [0.3, 0.4) is 0 Å². The Morgan fingerprint density at radius 2 is 2.07 bits per heavy atom. The second kappa shape index (κ2) is 10.3. The van der Waals surface area contributed by atoms with E-state index < -0.39 is 0 Å². The van der Waals surface area contributed by atoms with E-state index >= 15 is 0 Å². The van der Waals surface area contributed by atoms with Crippen LogP contribution in [0.2, 0.25) is 0 Å². The van der Waals surface area contributed by atoms with E-state index in [2.05, 4.69) is 52.1 Å². The van der Waals surface area contributed by atoms with Crippen molar-refractivity contribution in [2.75, 3.05) is 18.6 Å². The number of carbonyl (C=O) groups excluding carboxylic acids is 1. The smallest absolute Gasteiger partial charge is 0.230 e. The van der Waals surface area contributed by atoms with Crippen LogP contribution in [-0.4, -0.2) is 39.2 Å². The Balaban J connectivity index is 1.39. The van der Waals surface area contributed by atoms with Gasteiger partial charge < -0.3 is 9.88 Å². The van der Waals surface area contributed by atoms with Gasteiger partial charge >= 0.3 is 0 Å². The molecule has 2 aromatic rings. The number of hydrogen-bond donors (Lipinski definition) is 1. The largest absolute Gasteiger partial charge is 0.355 e. The Morgan fingerprint density at radius 1 is 1.25 bits per heavy atom. The van der Waals surface area contributed by atoms with Crippen LogP contribution in [0, 0.1) is 5.92 Å². The molecule has 0 bridgehead atoms. The van der Waals surface area contributed by atoms with Crippen LogP contribution < -0.4 is 5.32 Å². The van der Waals surface area contributed by atoms with Gasteiger partial charge in [-0.3, -0.25) is 4.79 Å². The van der Waals surface area contributed by atoms with Gasteiger partial charge in [-0.05, 0) is 61.1 Å². The molecular formula is C21H30N4OS2. The maximum Gasteiger partial charge on any atom is 0.230 e. The Hall–Kier alpha value is -1.47. The van der Waals surface area contributed by atoms with E-state index in [1.165, 1.54) is 35.3 Å². The molecule has 1 heterocycles. The molecule has 1 aliphatic rings. The summed E-state index contributed by atoms with van der Waals surface area (Å²) in [5.74, 6) is 2.13. The van der Waals surface area contributed by atoms with Crippen molar-refractivity contribution in [1.82, 2.24) is 20.1 Å². The molecule has 0 fully saturated rings. The molecule has 1 aromatic heterocycles. The molecule has 3 rings (SSSR count). The summed E-state index contributed by atoms with van der Waals surface area (Å²) in [5.41, 5.74) is 2.93. The summed E-state index contributed by atoms with van der Waals surface area (Å²) in [5, 5.41) is 12.6. The number of nitrogens with one attached hydrogen (secondary N) is 1. The van der Waals surface area contributed by atoms with Gasteiger partial charge in [-0.25, -0.2) is 0 Å². The zero-order valence-electron chi connectivity index (χ0n) is 17.0. The SMILES string of the molecule is CSc1nnc(CCCNC(=O)CSc2ccc3c(c2)CCC3)n1CC(C)C. The molecule has 0 aliphatic heterocycles. The number of fused-ring (bicyclic) bond motifs is 1. The third-order valence-corrected chi connectivity index (χ3v) is 6.52. The molecule has 0 radical (unpaired) electrons. The van der Waals surface area contributed by atoms with Crippen molar-refractivity contribution in [2.24, 2.45) is 5.92 Å². The van der Waals surface area contributed by atoms with Gasteiger partial charge in [-0.2, -0.15) is 0 Å². The zero-order chi connectivity index (χ0) is 19.9. The first kappa shape index (κ1) is 21.2. The topological polar surface area (TPSA) is 59.8 Å². The fraction of sp³-hybridized carbons (Fsp3) is 0.571. The standard InChI is InChI=1S/C21H30N4OS2/c1-15(2)13-25-19(23-24-21(25)27-3)8-5-11-22-20(26)14-28-18-10-9-16-6-4-7-17(16)12-18/h9-10,12,15H,4-8,11,13-14H2,1-3H3,(H,22,26). The van der Waals surface area contributed by atoms with Crippen molar-refractivity contribution >= 4 is 29.4 Å². The highest BCUT2D eigenvalue weighted by molar-refractivity contribution is 8.00. The number of carbonyl (C=O) groups is 1. The van der Waals surface area contributed by atoms with Crippen molar-refractivity contribution in [3.63, 3.8) is 0 Å². The summed E-state index contributed by atoms with van der Waals surface area (Å²) in [6.45, 7) is 6.01. The third-order valence-electron chi connectivity index (χ3n) is 4.86. The quantitative estimate of drug-likeness (QED) is 0.467. The maximum absolute atomic E-state index is 12.2. The molecule has 28 heavy (non-hydrogen) atoms. The fourth-order valence-electron chi connectivity index (χ4n) is 3.52. The van der Waals surface area contributed by atoms with Gasteiger partial charge in [-0.15, -0.1) is 22.0 Å². The number of benzene rings is 1. The summed E-state index contributed by atoms with van der Waals surface area (Å²) in [4.78, 5) is 13.4. The Bertz CT molecular complexity index is 804. The second-order valence-corrected chi connectivity index (χ2v) is 9.46. The van der Waals surface area contributed by atoms with Crippen LogP contribution >= 0.6 is 23.5 Å². The molecule has 0 atom stereocenters. The fourth-order valence-corrected chi connectivity index (χ4v) is 4.83. The normalized spacial score (nSPS) is 13.1. The van der Waals surface area contributed by atoms with Crippen LogP contribution in [0.15, 0.2) is 28.3 Å². The minimum absolute atomic E-state index is 0.0962. The summed E-state index contributed by atoms with van der Waals surface area (Å²) in [6.07, 6.45) is 7.37. The molecule has 1 aromatic carbocycles. The van der Waals surface area contributed by atoms with Crippen LogP contribution in [0.1, 0.15) is 43.6 Å². The molecule has 7 heteroatoms. The van der Waals surface area contributed by atoms with E-state index in [-0.39, 0.29) is 5.91 Å².